The number of carbonyl (C=O) groups is 1. The number of nitrogens with zero attached hydrogens (tertiary/aromatic N) is 1. The van der Waals surface area contributed by atoms with Gasteiger partial charge < -0.3 is 0 Å². The standard InChI is InChI=1S/C6H7NOS/c1-2-6-7-3-5(4-8)9-6/h3-4H,2H2,1H3. The third-order valence-electron chi connectivity index (χ3n) is 0.990. The number of aryl methyl sites for hydroxylation is 1. The molecular weight excluding hydrogens is 134 g/mol. The highest BCUT2D eigenvalue weighted by atomic mass is 32.1. The van der Waals surface area contributed by atoms with Crippen LogP contribution in [-0.2, 0) is 6.42 Å². The molecular formula is C6H7NOS. The predicted octanol–water partition coefficient (Wildman–Crippen LogP) is 1.52. The molecule has 0 aliphatic carbocycles. The van der Waals surface area contributed by atoms with Crippen LogP contribution >= 0.6 is 11.3 Å². The average molecular weight is 141 g/mol. The first-order valence-corrected chi connectivity index (χ1v) is 3.58. The normalized spacial score (nSPS) is 9.44. The Hall–Kier alpha value is -0.700. The molecule has 0 saturated carbocycles. The van der Waals surface area contributed by atoms with E-state index in [1.807, 2.05) is 6.92 Å². The largest absolute Gasteiger partial charge is 0.297 e. The molecule has 9 heavy (non-hydrogen) atoms. The Bertz CT molecular complexity index is 207. The van der Waals surface area contributed by atoms with Crippen molar-refractivity contribution >= 4 is 17.6 Å². The van der Waals surface area contributed by atoms with Gasteiger partial charge in [0.05, 0.1) is 9.88 Å². The zero-order valence-corrected chi connectivity index (χ0v) is 5.94. The molecule has 48 valence electrons. The molecule has 0 fully saturated rings. The fourth-order valence-corrected chi connectivity index (χ4v) is 1.22. The fraction of sp³-hybridized carbons (Fsp3) is 0.333. The van der Waals surface area contributed by atoms with Gasteiger partial charge in [-0.05, 0) is 6.42 Å². The van der Waals surface area contributed by atoms with Gasteiger partial charge in [0, 0.05) is 6.20 Å². The zero-order valence-electron chi connectivity index (χ0n) is 5.13. The second-order valence-electron chi connectivity index (χ2n) is 1.63. The number of hydrogen-bond acceptors (Lipinski definition) is 3. The average Bonchev–Trinajstić information content (AvgIpc) is 2.34. The summed E-state index contributed by atoms with van der Waals surface area (Å²) in [7, 11) is 0. The van der Waals surface area contributed by atoms with Gasteiger partial charge in [0.1, 0.15) is 0 Å². The topological polar surface area (TPSA) is 30.0 Å². The van der Waals surface area contributed by atoms with Crippen molar-refractivity contribution in [1.82, 2.24) is 4.98 Å². The summed E-state index contributed by atoms with van der Waals surface area (Å²) in [6.07, 6.45) is 3.35. The number of aldehydes is 1. The van der Waals surface area contributed by atoms with Crippen LogP contribution in [0.4, 0.5) is 0 Å². The maximum atomic E-state index is 10.1. The molecule has 0 atom stereocenters. The summed E-state index contributed by atoms with van der Waals surface area (Å²) in [6, 6.07) is 0. The van der Waals surface area contributed by atoms with E-state index in [9.17, 15) is 4.79 Å². The molecule has 1 aromatic rings. The van der Waals surface area contributed by atoms with Crippen molar-refractivity contribution in [3.8, 4) is 0 Å². The van der Waals surface area contributed by atoms with Gasteiger partial charge in [-0.25, -0.2) is 4.98 Å². The van der Waals surface area contributed by atoms with E-state index in [-0.39, 0.29) is 0 Å². The smallest absolute Gasteiger partial charge is 0.161 e. The monoisotopic (exact) mass is 141 g/mol. The van der Waals surface area contributed by atoms with Crippen molar-refractivity contribution in [2.45, 2.75) is 13.3 Å². The van der Waals surface area contributed by atoms with E-state index < -0.39 is 0 Å². The van der Waals surface area contributed by atoms with Gasteiger partial charge in [-0.3, -0.25) is 4.79 Å². The van der Waals surface area contributed by atoms with Crippen LogP contribution in [0.2, 0.25) is 0 Å². The lowest BCUT2D eigenvalue weighted by Gasteiger charge is -1.78. The van der Waals surface area contributed by atoms with Crippen LogP contribution in [0, 0.1) is 0 Å². The summed E-state index contributed by atoms with van der Waals surface area (Å²) in [5.74, 6) is 0. The molecule has 1 heterocycles. The number of thiazole rings is 1. The lowest BCUT2D eigenvalue weighted by Crippen LogP contribution is -1.70. The van der Waals surface area contributed by atoms with Gasteiger partial charge in [-0.1, -0.05) is 6.92 Å². The van der Waals surface area contributed by atoms with E-state index in [1.54, 1.807) is 6.20 Å². The van der Waals surface area contributed by atoms with E-state index in [0.717, 1.165) is 17.7 Å². The molecule has 0 aliphatic heterocycles. The molecule has 3 heteroatoms. The number of hydrogen-bond donors (Lipinski definition) is 0. The Kier molecular flexibility index (Phi) is 1.95. The van der Waals surface area contributed by atoms with Gasteiger partial charge in [0.2, 0.25) is 0 Å². The SMILES string of the molecule is CCc1ncc(C=O)s1. The van der Waals surface area contributed by atoms with E-state index in [0.29, 0.717) is 4.88 Å². The maximum Gasteiger partial charge on any atom is 0.161 e. The first-order valence-electron chi connectivity index (χ1n) is 2.76. The Morgan fingerprint density at radius 3 is 3.00 bits per heavy atom. The molecule has 0 aromatic carbocycles. The molecule has 0 bridgehead atoms. The zero-order chi connectivity index (χ0) is 6.69. The number of rotatable bonds is 2. The summed E-state index contributed by atoms with van der Waals surface area (Å²) < 4.78 is 0. The third kappa shape index (κ3) is 1.36. The van der Waals surface area contributed by atoms with E-state index >= 15 is 0 Å². The van der Waals surface area contributed by atoms with Gasteiger partial charge in [0.25, 0.3) is 0 Å². The fourth-order valence-electron chi connectivity index (χ4n) is 0.542. The van der Waals surface area contributed by atoms with Crippen molar-refractivity contribution in [1.29, 1.82) is 0 Å². The number of aromatic nitrogens is 1. The molecule has 0 unspecified atom stereocenters. The lowest BCUT2D eigenvalue weighted by molar-refractivity contribution is 0.112. The lowest BCUT2D eigenvalue weighted by atomic mass is 10.5. The van der Waals surface area contributed by atoms with Crippen molar-refractivity contribution in [3.05, 3.63) is 16.1 Å². The second-order valence-corrected chi connectivity index (χ2v) is 2.77. The summed E-state index contributed by atoms with van der Waals surface area (Å²) in [5, 5.41) is 1.03. The van der Waals surface area contributed by atoms with E-state index in [2.05, 4.69) is 4.98 Å². The van der Waals surface area contributed by atoms with E-state index in [4.69, 9.17) is 0 Å². The first-order chi connectivity index (χ1) is 4.36. The summed E-state index contributed by atoms with van der Waals surface area (Å²) in [4.78, 5) is 14.8. The molecule has 2 nitrogen and oxygen atoms in total. The predicted molar refractivity (Wildman–Crippen MR) is 36.9 cm³/mol. The van der Waals surface area contributed by atoms with Crippen molar-refractivity contribution in [2.75, 3.05) is 0 Å². The minimum atomic E-state index is 0.715. The second kappa shape index (κ2) is 2.73. The number of carbonyl (C=O) groups excluding carboxylic acids is 1. The first kappa shape index (κ1) is 6.42. The van der Waals surface area contributed by atoms with Gasteiger partial charge in [0.15, 0.2) is 6.29 Å². The quantitative estimate of drug-likeness (QED) is 0.584. The van der Waals surface area contributed by atoms with Gasteiger partial charge in [-0.2, -0.15) is 0 Å². The summed E-state index contributed by atoms with van der Waals surface area (Å²) >= 11 is 1.45. The van der Waals surface area contributed by atoms with Crippen LogP contribution in [0.1, 0.15) is 21.6 Å². The van der Waals surface area contributed by atoms with Crippen LogP contribution in [0.25, 0.3) is 0 Å². The van der Waals surface area contributed by atoms with Gasteiger partial charge >= 0.3 is 0 Å². The van der Waals surface area contributed by atoms with E-state index in [1.165, 1.54) is 11.3 Å². The molecule has 0 aliphatic rings. The highest BCUT2D eigenvalue weighted by Crippen LogP contribution is 2.09. The Balaban J connectivity index is 2.86. The Morgan fingerprint density at radius 1 is 1.89 bits per heavy atom. The molecule has 0 saturated heterocycles. The van der Waals surface area contributed by atoms with Crippen molar-refractivity contribution in [3.63, 3.8) is 0 Å². The molecule has 0 spiro atoms. The molecule has 1 aromatic heterocycles. The summed E-state index contributed by atoms with van der Waals surface area (Å²) in [6.45, 7) is 2.02. The maximum absolute atomic E-state index is 10.1. The Labute approximate surface area is 57.5 Å². The van der Waals surface area contributed by atoms with Crippen LogP contribution in [-0.4, -0.2) is 11.3 Å². The van der Waals surface area contributed by atoms with Crippen LogP contribution in [0.15, 0.2) is 6.20 Å². The van der Waals surface area contributed by atoms with Crippen molar-refractivity contribution in [2.24, 2.45) is 0 Å². The van der Waals surface area contributed by atoms with Crippen LogP contribution in [0.5, 0.6) is 0 Å². The molecule has 0 N–H and O–H groups in total. The highest BCUT2D eigenvalue weighted by molar-refractivity contribution is 7.13. The minimum Gasteiger partial charge on any atom is -0.297 e. The highest BCUT2D eigenvalue weighted by Gasteiger charge is 1.95. The van der Waals surface area contributed by atoms with Crippen LogP contribution < -0.4 is 0 Å². The minimum absolute atomic E-state index is 0.715. The molecule has 0 amide bonds. The Morgan fingerprint density at radius 2 is 2.67 bits per heavy atom. The van der Waals surface area contributed by atoms with Gasteiger partial charge in [-0.15, -0.1) is 11.3 Å². The molecule has 1 rings (SSSR count). The molecule has 0 radical (unpaired) electrons. The van der Waals surface area contributed by atoms with Crippen LogP contribution in [0.3, 0.4) is 0 Å². The van der Waals surface area contributed by atoms with Crippen molar-refractivity contribution < 1.29 is 4.79 Å². The summed E-state index contributed by atoms with van der Waals surface area (Å²) in [5.41, 5.74) is 0. The third-order valence-corrected chi connectivity index (χ3v) is 2.06.